The van der Waals surface area contributed by atoms with Crippen molar-refractivity contribution in [1.29, 1.82) is 0 Å². The van der Waals surface area contributed by atoms with Crippen molar-refractivity contribution >= 4 is 28.6 Å². The molecule has 0 aromatic carbocycles. The van der Waals surface area contributed by atoms with Gasteiger partial charge in [0, 0.05) is 25.4 Å². The fourth-order valence-corrected chi connectivity index (χ4v) is 3.21. The van der Waals surface area contributed by atoms with Crippen LogP contribution in [0.2, 0.25) is 0 Å². The van der Waals surface area contributed by atoms with Gasteiger partial charge in [0.2, 0.25) is 5.78 Å². The monoisotopic (exact) mass is 357 g/mol. The molecule has 2 aromatic heterocycles. The van der Waals surface area contributed by atoms with E-state index in [1.807, 2.05) is 17.5 Å². The van der Waals surface area contributed by atoms with E-state index in [4.69, 9.17) is 0 Å². The standard InChI is InChI=1S/C18H17N3O2S.H2O/c22-16(17-7-3-13-24-17)6-1-4-14-8-11-21(12-9-14)18-15(20-23)5-2-10-19-18;/h2-5,7,10,13H,8-9,11-12,20H2;1H2. The Morgan fingerprint density at radius 3 is 2.80 bits per heavy atom. The Hall–Kier alpha value is -2.50. The minimum Gasteiger partial charge on any atom is -0.630 e. The Bertz CT molecular complexity index is 796. The second-order valence-electron chi connectivity index (χ2n) is 5.40. The van der Waals surface area contributed by atoms with E-state index in [1.54, 1.807) is 24.4 Å². The van der Waals surface area contributed by atoms with Crippen molar-refractivity contribution in [2.75, 3.05) is 18.0 Å². The fourth-order valence-electron chi connectivity index (χ4n) is 2.59. The van der Waals surface area contributed by atoms with Gasteiger partial charge in [-0.1, -0.05) is 17.6 Å². The zero-order chi connectivity index (χ0) is 16.8. The van der Waals surface area contributed by atoms with E-state index in [1.165, 1.54) is 16.9 Å². The molecule has 25 heavy (non-hydrogen) atoms. The van der Waals surface area contributed by atoms with E-state index < -0.39 is 0 Å². The maximum atomic E-state index is 11.8. The first-order valence-electron chi connectivity index (χ1n) is 7.70. The highest BCUT2D eigenvalue weighted by Crippen LogP contribution is 2.24. The number of rotatable bonds is 3. The Morgan fingerprint density at radius 1 is 1.32 bits per heavy atom. The van der Waals surface area contributed by atoms with E-state index in [9.17, 15) is 10.0 Å². The van der Waals surface area contributed by atoms with Crippen LogP contribution >= 0.6 is 11.3 Å². The highest BCUT2D eigenvalue weighted by molar-refractivity contribution is 7.12. The zero-order valence-electron chi connectivity index (χ0n) is 13.6. The molecule has 0 atom stereocenters. The number of ketones is 1. The molecular formula is C18H19N3O3S. The van der Waals surface area contributed by atoms with Crippen LogP contribution in [0.15, 0.2) is 47.5 Å². The molecule has 0 saturated carbocycles. The van der Waals surface area contributed by atoms with Gasteiger partial charge in [0.1, 0.15) is 0 Å². The summed E-state index contributed by atoms with van der Waals surface area (Å²) in [6, 6.07) is 7.18. The van der Waals surface area contributed by atoms with Gasteiger partial charge in [0.05, 0.1) is 4.88 Å². The van der Waals surface area contributed by atoms with Crippen molar-refractivity contribution in [3.63, 3.8) is 0 Å². The molecule has 3 rings (SSSR count). The van der Waals surface area contributed by atoms with Crippen molar-refractivity contribution in [3.8, 4) is 11.8 Å². The van der Waals surface area contributed by atoms with Crippen LogP contribution in [0.5, 0.6) is 0 Å². The Labute approximate surface area is 150 Å². The molecule has 3 heterocycles. The van der Waals surface area contributed by atoms with Crippen LogP contribution in [0, 0.1) is 17.0 Å². The third-order valence-electron chi connectivity index (χ3n) is 3.86. The number of allylic oxidation sites excluding steroid dienone is 1. The maximum Gasteiger partial charge on any atom is 0.246 e. The number of hydrogen-bond acceptors (Lipinski definition) is 5. The van der Waals surface area contributed by atoms with E-state index in [0.717, 1.165) is 37.2 Å². The number of nitrogens with zero attached hydrogens (tertiary/aromatic N) is 2. The van der Waals surface area contributed by atoms with Crippen molar-refractivity contribution in [2.45, 2.75) is 12.8 Å². The lowest BCUT2D eigenvalue weighted by atomic mass is 10.0. The molecule has 0 bridgehead atoms. The summed E-state index contributed by atoms with van der Waals surface area (Å²) in [5.41, 5.74) is 2.68. The van der Waals surface area contributed by atoms with Crippen molar-refractivity contribution < 1.29 is 15.8 Å². The van der Waals surface area contributed by atoms with Gasteiger partial charge in [0.25, 0.3) is 0 Å². The van der Waals surface area contributed by atoms with Gasteiger partial charge in [0.15, 0.2) is 11.5 Å². The van der Waals surface area contributed by atoms with Crippen LogP contribution < -0.4 is 10.4 Å². The molecule has 1 aliphatic rings. The molecule has 1 aliphatic heterocycles. The van der Waals surface area contributed by atoms with Crippen LogP contribution in [0.25, 0.3) is 0 Å². The molecule has 2 aromatic rings. The highest BCUT2D eigenvalue weighted by atomic mass is 32.1. The molecule has 0 spiro atoms. The van der Waals surface area contributed by atoms with Crippen molar-refractivity contribution in [2.24, 2.45) is 0 Å². The number of anilines is 1. The number of aromatic nitrogens is 1. The van der Waals surface area contributed by atoms with Gasteiger partial charge in [-0.3, -0.25) is 4.79 Å². The van der Waals surface area contributed by atoms with Crippen LogP contribution in [0.1, 0.15) is 22.5 Å². The first-order chi connectivity index (χ1) is 11.8. The minimum absolute atomic E-state index is 0. The van der Waals surface area contributed by atoms with Crippen molar-refractivity contribution in [3.05, 3.63) is 57.6 Å². The molecule has 4 N–H and O–H groups in total. The predicted molar refractivity (Wildman–Crippen MR) is 98.8 cm³/mol. The third kappa shape index (κ3) is 4.75. The summed E-state index contributed by atoms with van der Waals surface area (Å²) in [7, 11) is 0. The highest BCUT2D eigenvalue weighted by Gasteiger charge is 2.18. The third-order valence-corrected chi connectivity index (χ3v) is 4.72. The normalized spacial score (nSPS) is 13.5. The lowest BCUT2D eigenvalue weighted by molar-refractivity contribution is -0.496. The lowest BCUT2D eigenvalue weighted by Crippen LogP contribution is -2.70. The van der Waals surface area contributed by atoms with E-state index in [2.05, 4.69) is 21.7 Å². The molecule has 0 aliphatic carbocycles. The molecule has 1 fully saturated rings. The number of hydrogen-bond donors (Lipinski definition) is 1. The van der Waals surface area contributed by atoms with Gasteiger partial charge >= 0.3 is 0 Å². The van der Waals surface area contributed by atoms with Crippen molar-refractivity contribution in [1.82, 2.24) is 4.98 Å². The SMILES string of the molecule is O.O=C(C#CC=C1CCN(c2ncccc2[NH2+][O-])CC1)c1cccs1. The molecule has 0 radical (unpaired) electrons. The van der Waals surface area contributed by atoms with Gasteiger partial charge in [-0.15, -0.1) is 11.3 Å². The maximum absolute atomic E-state index is 11.8. The summed E-state index contributed by atoms with van der Waals surface area (Å²) in [6.07, 6.45) is 5.27. The molecule has 1 saturated heterocycles. The zero-order valence-corrected chi connectivity index (χ0v) is 14.4. The quantitative estimate of drug-likeness (QED) is 0.388. The molecule has 6 nitrogen and oxygen atoms in total. The Morgan fingerprint density at radius 2 is 2.12 bits per heavy atom. The minimum atomic E-state index is -0.136. The second-order valence-corrected chi connectivity index (χ2v) is 6.35. The topological polar surface area (TPSA) is 104 Å². The summed E-state index contributed by atoms with van der Waals surface area (Å²) in [5, 5.41) is 13.0. The van der Waals surface area contributed by atoms with Gasteiger partial charge in [-0.25, -0.2) is 4.98 Å². The number of nitrogens with two attached hydrogens (primary N) is 1. The number of thiophene rings is 1. The first-order valence-corrected chi connectivity index (χ1v) is 8.58. The number of carbonyl (C=O) groups is 1. The largest absolute Gasteiger partial charge is 0.630 e. The van der Waals surface area contributed by atoms with E-state index in [0.29, 0.717) is 10.6 Å². The molecule has 130 valence electrons. The van der Waals surface area contributed by atoms with Gasteiger partial charge in [-0.05, 0) is 42.4 Å². The summed E-state index contributed by atoms with van der Waals surface area (Å²) in [5.74, 6) is 6.15. The predicted octanol–water partition coefficient (Wildman–Crippen LogP) is 1.42. The van der Waals surface area contributed by atoms with Crippen LogP contribution in [0.3, 0.4) is 0 Å². The Balaban J connectivity index is 0.00000225. The number of piperidine rings is 1. The summed E-state index contributed by atoms with van der Waals surface area (Å²) in [4.78, 5) is 18.9. The van der Waals surface area contributed by atoms with E-state index >= 15 is 0 Å². The fraction of sp³-hybridized carbons (Fsp3) is 0.222. The first kappa shape index (κ1) is 18.8. The van der Waals surface area contributed by atoms with Gasteiger partial charge in [-0.2, -0.15) is 0 Å². The molecule has 0 unspecified atom stereocenters. The number of pyridine rings is 1. The van der Waals surface area contributed by atoms with Crippen LogP contribution in [-0.4, -0.2) is 29.3 Å². The molecular weight excluding hydrogens is 338 g/mol. The number of Topliss-reactive ketones (excluding diaryl/α,β-unsaturated/α-hetero) is 1. The van der Waals surface area contributed by atoms with Crippen LogP contribution in [0.4, 0.5) is 11.5 Å². The summed E-state index contributed by atoms with van der Waals surface area (Å²) in [6.45, 7) is 1.59. The van der Waals surface area contributed by atoms with Crippen LogP contribution in [-0.2, 0) is 0 Å². The number of quaternary nitrogens is 1. The number of carbonyl (C=O) groups excluding carboxylic acids is 1. The average molecular weight is 357 g/mol. The van der Waals surface area contributed by atoms with Gasteiger partial charge < -0.3 is 21.1 Å². The average Bonchev–Trinajstić information content (AvgIpc) is 3.17. The summed E-state index contributed by atoms with van der Waals surface area (Å²) >= 11 is 1.40. The molecule has 0 amide bonds. The summed E-state index contributed by atoms with van der Waals surface area (Å²) < 4.78 is 0. The lowest BCUT2D eigenvalue weighted by Gasteiger charge is -2.29. The Kier molecular flexibility index (Phi) is 6.86. The molecule has 7 heteroatoms. The second kappa shape index (κ2) is 9.11. The smallest absolute Gasteiger partial charge is 0.246 e. The van der Waals surface area contributed by atoms with E-state index in [-0.39, 0.29) is 11.3 Å².